The van der Waals surface area contributed by atoms with Crippen molar-refractivity contribution >= 4 is 22.9 Å². The minimum atomic E-state index is -0.336. The Morgan fingerprint density at radius 2 is 1.83 bits per heavy atom. The van der Waals surface area contributed by atoms with Crippen LogP contribution in [0.4, 0.5) is 4.39 Å². The molecule has 0 fully saturated rings. The number of aromatic nitrogens is 1. The SMILES string of the molecule is Cn1c2c(c3ccccc31)CCN(C(=O)c1ccc(F)cc1)C=C2. The highest BCUT2D eigenvalue weighted by atomic mass is 19.1. The lowest BCUT2D eigenvalue weighted by atomic mass is 10.1. The zero-order chi connectivity index (χ0) is 16.7. The monoisotopic (exact) mass is 320 g/mol. The van der Waals surface area contributed by atoms with E-state index in [9.17, 15) is 9.18 Å². The van der Waals surface area contributed by atoms with Crippen molar-refractivity contribution in [1.82, 2.24) is 9.47 Å². The third-order valence-corrected chi connectivity index (χ3v) is 4.63. The molecule has 0 aliphatic carbocycles. The molecule has 24 heavy (non-hydrogen) atoms. The number of nitrogens with zero attached hydrogens (tertiary/aromatic N) is 2. The van der Waals surface area contributed by atoms with Gasteiger partial charge in [0.15, 0.2) is 0 Å². The Labute approximate surface area is 139 Å². The molecule has 2 heterocycles. The quantitative estimate of drug-likeness (QED) is 0.665. The van der Waals surface area contributed by atoms with Gasteiger partial charge < -0.3 is 9.47 Å². The van der Waals surface area contributed by atoms with Gasteiger partial charge in [0.1, 0.15) is 5.82 Å². The number of benzene rings is 2. The maximum absolute atomic E-state index is 13.0. The Hall–Kier alpha value is -2.88. The maximum atomic E-state index is 13.0. The first kappa shape index (κ1) is 14.7. The molecule has 3 nitrogen and oxygen atoms in total. The molecule has 0 saturated heterocycles. The third kappa shape index (κ3) is 2.31. The Balaban J connectivity index is 1.69. The van der Waals surface area contributed by atoms with Gasteiger partial charge in [-0.05, 0) is 48.4 Å². The summed E-state index contributed by atoms with van der Waals surface area (Å²) >= 11 is 0. The third-order valence-electron chi connectivity index (χ3n) is 4.63. The molecule has 0 unspecified atom stereocenters. The first-order valence-corrected chi connectivity index (χ1v) is 7.96. The lowest BCUT2D eigenvalue weighted by molar-refractivity contribution is 0.0825. The summed E-state index contributed by atoms with van der Waals surface area (Å²) in [6.07, 6.45) is 4.61. The standard InChI is InChI=1S/C20H17FN2O/c1-22-18-5-3-2-4-16(18)17-10-12-23(13-11-19(17)22)20(24)14-6-8-15(21)9-7-14/h2-9,11,13H,10,12H2,1H3. The van der Waals surface area contributed by atoms with Crippen molar-refractivity contribution in [3.63, 3.8) is 0 Å². The molecule has 0 spiro atoms. The van der Waals surface area contributed by atoms with Crippen LogP contribution in [0.2, 0.25) is 0 Å². The van der Waals surface area contributed by atoms with E-state index in [0.29, 0.717) is 12.1 Å². The van der Waals surface area contributed by atoms with E-state index in [-0.39, 0.29) is 11.7 Å². The Kier molecular flexibility index (Phi) is 3.45. The molecule has 0 atom stereocenters. The van der Waals surface area contributed by atoms with Crippen LogP contribution in [-0.4, -0.2) is 21.9 Å². The van der Waals surface area contributed by atoms with Gasteiger partial charge in [0.2, 0.25) is 0 Å². The highest BCUT2D eigenvalue weighted by Gasteiger charge is 2.20. The largest absolute Gasteiger partial charge is 0.344 e. The number of aryl methyl sites for hydroxylation is 1. The van der Waals surface area contributed by atoms with Gasteiger partial charge in [0, 0.05) is 42.0 Å². The molecule has 3 aromatic rings. The van der Waals surface area contributed by atoms with Gasteiger partial charge >= 0.3 is 0 Å². The van der Waals surface area contributed by atoms with Crippen LogP contribution in [0.5, 0.6) is 0 Å². The summed E-state index contributed by atoms with van der Waals surface area (Å²) in [5, 5.41) is 1.23. The number of amides is 1. The molecule has 1 aliphatic heterocycles. The smallest absolute Gasteiger partial charge is 0.257 e. The second kappa shape index (κ2) is 5.64. The second-order valence-electron chi connectivity index (χ2n) is 6.01. The number of hydrogen-bond donors (Lipinski definition) is 0. The van der Waals surface area contributed by atoms with E-state index in [0.717, 1.165) is 12.1 Å². The van der Waals surface area contributed by atoms with E-state index in [1.165, 1.54) is 40.7 Å². The Morgan fingerprint density at radius 1 is 1.08 bits per heavy atom. The van der Waals surface area contributed by atoms with E-state index >= 15 is 0 Å². The lowest BCUT2D eigenvalue weighted by Crippen LogP contribution is -2.27. The number of rotatable bonds is 1. The minimum absolute atomic E-state index is 0.108. The Bertz CT molecular complexity index is 954. The lowest BCUT2D eigenvalue weighted by Gasteiger charge is -2.17. The molecule has 120 valence electrons. The fourth-order valence-electron chi connectivity index (χ4n) is 3.36. The first-order valence-electron chi connectivity index (χ1n) is 7.96. The van der Waals surface area contributed by atoms with Gasteiger partial charge in [-0.2, -0.15) is 0 Å². The van der Waals surface area contributed by atoms with Crippen LogP contribution in [0.1, 0.15) is 21.6 Å². The van der Waals surface area contributed by atoms with Crippen molar-refractivity contribution in [3.05, 3.63) is 77.4 Å². The second-order valence-corrected chi connectivity index (χ2v) is 6.01. The zero-order valence-corrected chi connectivity index (χ0v) is 13.4. The molecular formula is C20H17FN2O. The number of para-hydroxylation sites is 1. The van der Waals surface area contributed by atoms with Crippen molar-refractivity contribution in [3.8, 4) is 0 Å². The summed E-state index contributed by atoms with van der Waals surface area (Å²) in [5.74, 6) is -0.444. The van der Waals surface area contributed by atoms with Gasteiger partial charge in [-0.25, -0.2) is 4.39 Å². The van der Waals surface area contributed by atoms with E-state index in [4.69, 9.17) is 0 Å². The first-order chi connectivity index (χ1) is 11.6. The Morgan fingerprint density at radius 3 is 2.62 bits per heavy atom. The molecule has 2 aromatic carbocycles. The summed E-state index contributed by atoms with van der Waals surface area (Å²) in [5.41, 5.74) is 4.09. The molecule has 0 saturated carbocycles. The number of fused-ring (bicyclic) bond motifs is 3. The van der Waals surface area contributed by atoms with Crippen molar-refractivity contribution in [1.29, 1.82) is 0 Å². The average molecular weight is 320 g/mol. The fraction of sp³-hybridized carbons (Fsp3) is 0.150. The molecule has 1 amide bonds. The molecule has 4 heteroatoms. The molecule has 4 rings (SSSR count). The van der Waals surface area contributed by atoms with Crippen LogP contribution in [0.15, 0.2) is 54.7 Å². The molecule has 0 bridgehead atoms. The van der Waals surface area contributed by atoms with Gasteiger partial charge in [0.25, 0.3) is 5.91 Å². The van der Waals surface area contributed by atoms with Gasteiger partial charge in [-0.3, -0.25) is 4.79 Å². The van der Waals surface area contributed by atoms with E-state index in [2.05, 4.69) is 16.7 Å². The molecular weight excluding hydrogens is 303 g/mol. The molecule has 1 aliphatic rings. The predicted molar refractivity (Wildman–Crippen MR) is 93.1 cm³/mol. The van der Waals surface area contributed by atoms with E-state index < -0.39 is 0 Å². The molecule has 0 radical (unpaired) electrons. The summed E-state index contributed by atoms with van der Waals surface area (Å²) < 4.78 is 15.2. The van der Waals surface area contributed by atoms with Crippen LogP contribution in [0.25, 0.3) is 17.0 Å². The maximum Gasteiger partial charge on any atom is 0.257 e. The van der Waals surface area contributed by atoms with Crippen molar-refractivity contribution in [2.24, 2.45) is 7.05 Å². The van der Waals surface area contributed by atoms with Crippen LogP contribution in [0, 0.1) is 5.82 Å². The van der Waals surface area contributed by atoms with E-state index in [1.807, 2.05) is 31.5 Å². The van der Waals surface area contributed by atoms with Gasteiger partial charge in [0.05, 0.1) is 0 Å². The van der Waals surface area contributed by atoms with Crippen LogP contribution in [-0.2, 0) is 13.5 Å². The zero-order valence-electron chi connectivity index (χ0n) is 13.4. The number of carbonyl (C=O) groups is 1. The summed E-state index contributed by atoms with van der Waals surface area (Å²) in [6, 6.07) is 14.0. The number of carbonyl (C=O) groups excluding carboxylic acids is 1. The van der Waals surface area contributed by atoms with Crippen molar-refractivity contribution in [2.45, 2.75) is 6.42 Å². The van der Waals surface area contributed by atoms with Crippen molar-refractivity contribution < 1.29 is 9.18 Å². The minimum Gasteiger partial charge on any atom is -0.344 e. The highest BCUT2D eigenvalue weighted by Crippen LogP contribution is 2.29. The normalized spacial score (nSPS) is 13.8. The van der Waals surface area contributed by atoms with E-state index in [1.54, 1.807) is 4.90 Å². The fourth-order valence-corrected chi connectivity index (χ4v) is 3.36. The summed E-state index contributed by atoms with van der Waals surface area (Å²) in [7, 11) is 2.04. The van der Waals surface area contributed by atoms with Gasteiger partial charge in [-0.15, -0.1) is 0 Å². The van der Waals surface area contributed by atoms with Gasteiger partial charge in [-0.1, -0.05) is 18.2 Å². The predicted octanol–water partition coefficient (Wildman–Crippen LogP) is 3.99. The van der Waals surface area contributed by atoms with Crippen LogP contribution >= 0.6 is 0 Å². The molecule has 1 aromatic heterocycles. The number of hydrogen-bond acceptors (Lipinski definition) is 1. The topological polar surface area (TPSA) is 25.2 Å². The summed E-state index contributed by atoms with van der Waals surface area (Å²) in [4.78, 5) is 14.3. The van der Waals surface area contributed by atoms with Crippen LogP contribution < -0.4 is 0 Å². The summed E-state index contributed by atoms with van der Waals surface area (Å²) in [6.45, 7) is 0.605. The molecule has 0 N–H and O–H groups in total. The number of halogens is 1. The van der Waals surface area contributed by atoms with Crippen LogP contribution in [0.3, 0.4) is 0 Å². The highest BCUT2D eigenvalue weighted by molar-refractivity contribution is 5.96. The van der Waals surface area contributed by atoms with Crippen molar-refractivity contribution in [2.75, 3.05) is 6.54 Å². The average Bonchev–Trinajstić information content (AvgIpc) is 2.76.